The summed E-state index contributed by atoms with van der Waals surface area (Å²) in [5.41, 5.74) is 3.49. The van der Waals surface area contributed by atoms with Crippen molar-refractivity contribution in [3.05, 3.63) is 90.3 Å². The highest BCUT2D eigenvalue weighted by atomic mass is 35.5. The third kappa shape index (κ3) is 5.28. The molecular weight excluding hydrogens is 476 g/mol. The Bertz CT molecular complexity index is 1400. The number of aromatic nitrogens is 4. The van der Waals surface area contributed by atoms with Gasteiger partial charge in [-0.1, -0.05) is 24.2 Å². The highest BCUT2D eigenvalue weighted by Crippen LogP contribution is 2.33. The first kappa shape index (κ1) is 23.7. The first-order valence-electron chi connectivity index (χ1n) is 11.7. The summed E-state index contributed by atoms with van der Waals surface area (Å²) in [5.74, 6) is 1.46. The molecule has 1 saturated heterocycles. The summed E-state index contributed by atoms with van der Waals surface area (Å²) in [7, 11) is 0. The van der Waals surface area contributed by atoms with Gasteiger partial charge < -0.3 is 15.0 Å². The van der Waals surface area contributed by atoms with Gasteiger partial charge in [-0.2, -0.15) is 0 Å². The number of halogens is 1. The number of ether oxygens (including phenoxy) is 1. The molecule has 182 valence electrons. The highest BCUT2D eigenvalue weighted by Gasteiger charge is 2.24. The molecule has 1 amide bonds. The Labute approximate surface area is 214 Å². The monoisotopic (exact) mass is 500 g/mol. The first-order chi connectivity index (χ1) is 17.6. The number of carbonyl (C=O) groups is 1. The summed E-state index contributed by atoms with van der Waals surface area (Å²) >= 11 is 6.49. The van der Waals surface area contributed by atoms with Crippen molar-refractivity contribution in [3.8, 4) is 5.75 Å². The van der Waals surface area contributed by atoms with Crippen LogP contribution in [0.4, 0.5) is 11.5 Å². The second-order valence-electron chi connectivity index (χ2n) is 8.58. The number of nitrogens with one attached hydrogen (secondary N) is 1. The van der Waals surface area contributed by atoms with Crippen LogP contribution in [0.25, 0.3) is 10.9 Å². The van der Waals surface area contributed by atoms with E-state index in [1.165, 1.54) is 12.4 Å². The number of piperidine rings is 1. The third-order valence-corrected chi connectivity index (χ3v) is 6.52. The summed E-state index contributed by atoms with van der Waals surface area (Å²) in [6.07, 6.45) is 9.79. The molecule has 9 heteroatoms. The van der Waals surface area contributed by atoms with Crippen molar-refractivity contribution in [1.82, 2.24) is 24.8 Å². The van der Waals surface area contributed by atoms with Crippen LogP contribution in [-0.4, -0.2) is 43.8 Å². The third-order valence-electron chi connectivity index (χ3n) is 6.23. The molecule has 0 radical (unpaired) electrons. The van der Waals surface area contributed by atoms with Gasteiger partial charge in [-0.25, -0.2) is 9.97 Å². The standard InChI is InChI=1S/C27H25ClN6O2/c1-2-26(35)34-11-3-4-19(15-34)18-5-7-24-22(12-18)27(32-17-31-24)33-20-6-8-25(23(28)13-20)36-16-21-14-29-9-10-30-21/h2,5-10,12-14,17,19H,1,3-4,11,15-16H2,(H,31,32,33)/t19-/m0/s1. The maximum Gasteiger partial charge on any atom is 0.245 e. The minimum absolute atomic E-state index is 0.0211. The molecule has 2 aromatic heterocycles. The van der Waals surface area contributed by atoms with Gasteiger partial charge in [0.2, 0.25) is 5.91 Å². The SMILES string of the molecule is C=CC(=O)N1CCC[C@H](c2ccc3ncnc(Nc4ccc(OCc5cnccn5)c(Cl)c4)c3c2)C1. The molecule has 0 aliphatic carbocycles. The van der Waals surface area contributed by atoms with Crippen molar-refractivity contribution < 1.29 is 9.53 Å². The van der Waals surface area contributed by atoms with Crippen molar-refractivity contribution in [3.63, 3.8) is 0 Å². The zero-order valence-corrected chi connectivity index (χ0v) is 20.4. The van der Waals surface area contributed by atoms with Crippen LogP contribution in [0.5, 0.6) is 5.75 Å². The molecule has 4 aromatic rings. The summed E-state index contributed by atoms with van der Waals surface area (Å²) in [6.45, 7) is 5.34. The maximum atomic E-state index is 12.1. The van der Waals surface area contributed by atoms with Gasteiger partial charge in [0, 0.05) is 42.5 Å². The van der Waals surface area contributed by atoms with E-state index in [1.54, 1.807) is 24.7 Å². The zero-order chi connectivity index (χ0) is 24.9. The average molecular weight is 501 g/mol. The predicted molar refractivity (Wildman–Crippen MR) is 139 cm³/mol. The van der Waals surface area contributed by atoms with Gasteiger partial charge >= 0.3 is 0 Å². The average Bonchev–Trinajstić information content (AvgIpc) is 2.93. The highest BCUT2D eigenvalue weighted by molar-refractivity contribution is 6.32. The number of hydrogen-bond acceptors (Lipinski definition) is 7. The van der Waals surface area contributed by atoms with Crippen LogP contribution in [-0.2, 0) is 11.4 Å². The van der Waals surface area contributed by atoms with E-state index in [2.05, 4.69) is 44.0 Å². The van der Waals surface area contributed by atoms with Crippen molar-refractivity contribution in [2.45, 2.75) is 25.4 Å². The largest absolute Gasteiger partial charge is 0.486 e. The quantitative estimate of drug-likeness (QED) is 0.345. The van der Waals surface area contributed by atoms with Crippen LogP contribution >= 0.6 is 11.6 Å². The summed E-state index contributed by atoms with van der Waals surface area (Å²) in [5, 5.41) is 4.74. The van der Waals surface area contributed by atoms with Gasteiger partial charge in [-0.15, -0.1) is 0 Å². The maximum absolute atomic E-state index is 12.1. The van der Waals surface area contributed by atoms with Crippen LogP contribution < -0.4 is 10.1 Å². The van der Waals surface area contributed by atoms with Crippen molar-refractivity contribution in [2.75, 3.05) is 18.4 Å². The van der Waals surface area contributed by atoms with Crippen LogP contribution in [0.15, 0.2) is 74.0 Å². The molecule has 0 bridgehead atoms. The summed E-state index contributed by atoms with van der Waals surface area (Å²) < 4.78 is 5.79. The molecule has 5 rings (SSSR count). The van der Waals surface area contributed by atoms with E-state index >= 15 is 0 Å². The summed E-state index contributed by atoms with van der Waals surface area (Å²) in [6, 6.07) is 11.7. The lowest BCUT2D eigenvalue weighted by Crippen LogP contribution is -2.38. The Morgan fingerprint density at radius 3 is 2.92 bits per heavy atom. The Hall–Kier alpha value is -4.04. The van der Waals surface area contributed by atoms with Crippen LogP contribution in [0.2, 0.25) is 5.02 Å². The number of rotatable bonds is 7. The number of benzene rings is 2. The molecule has 36 heavy (non-hydrogen) atoms. The van der Waals surface area contributed by atoms with Gasteiger partial charge in [0.15, 0.2) is 0 Å². The van der Waals surface area contributed by atoms with Gasteiger partial charge in [-0.3, -0.25) is 14.8 Å². The molecule has 3 heterocycles. The smallest absolute Gasteiger partial charge is 0.245 e. The van der Waals surface area contributed by atoms with Crippen LogP contribution in [0.3, 0.4) is 0 Å². The van der Waals surface area contributed by atoms with E-state index in [0.717, 1.165) is 41.5 Å². The fraction of sp³-hybridized carbons (Fsp3) is 0.222. The molecule has 8 nitrogen and oxygen atoms in total. The van der Waals surface area contributed by atoms with E-state index in [9.17, 15) is 4.79 Å². The van der Waals surface area contributed by atoms with E-state index in [-0.39, 0.29) is 18.4 Å². The van der Waals surface area contributed by atoms with Crippen molar-refractivity contribution in [2.24, 2.45) is 0 Å². The molecule has 1 N–H and O–H groups in total. The number of fused-ring (bicyclic) bond motifs is 1. The first-order valence-corrected chi connectivity index (χ1v) is 12.1. The molecule has 0 unspecified atom stereocenters. The van der Waals surface area contributed by atoms with E-state index in [0.29, 0.717) is 28.8 Å². The lowest BCUT2D eigenvalue weighted by molar-refractivity contribution is -0.127. The number of hydrogen-bond donors (Lipinski definition) is 1. The minimum atomic E-state index is -0.0211. The molecule has 1 aliphatic heterocycles. The Kier molecular flexibility index (Phi) is 7.04. The second kappa shape index (κ2) is 10.7. The summed E-state index contributed by atoms with van der Waals surface area (Å²) in [4.78, 5) is 31.1. The van der Waals surface area contributed by atoms with Crippen molar-refractivity contribution in [1.29, 1.82) is 0 Å². The number of anilines is 2. The van der Waals surface area contributed by atoms with Crippen LogP contribution in [0.1, 0.15) is 30.0 Å². The van der Waals surface area contributed by atoms with Crippen molar-refractivity contribution >= 4 is 39.9 Å². The fourth-order valence-corrected chi connectivity index (χ4v) is 4.63. The van der Waals surface area contributed by atoms with E-state index < -0.39 is 0 Å². The van der Waals surface area contributed by atoms with E-state index in [1.807, 2.05) is 23.1 Å². The van der Waals surface area contributed by atoms with Gasteiger partial charge in [0.25, 0.3) is 0 Å². The van der Waals surface area contributed by atoms with Crippen LogP contribution in [0, 0.1) is 0 Å². The molecular formula is C27H25ClN6O2. The van der Waals surface area contributed by atoms with E-state index in [4.69, 9.17) is 16.3 Å². The second-order valence-corrected chi connectivity index (χ2v) is 8.99. The zero-order valence-electron chi connectivity index (χ0n) is 19.6. The Balaban J connectivity index is 1.35. The number of nitrogens with zero attached hydrogens (tertiary/aromatic N) is 5. The van der Waals surface area contributed by atoms with Gasteiger partial charge in [0.1, 0.15) is 24.5 Å². The molecule has 2 aromatic carbocycles. The topological polar surface area (TPSA) is 93.1 Å². The van der Waals surface area contributed by atoms with Gasteiger partial charge in [-0.05, 0) is 54.8 Å². The number of carbonyl (C=O) groups excluding carboxylic acids is 1. The fourth-order valence-electron chi connectivity index (χ4n) is 4.39. The normalized spacial score (nSPS) is 15.5. The minimum Gasteiger partial charge on any atom is -0.486 e. The molecule has 0 saturated carbocycles. The lowest BCUT2D eigenvalue weighted by atomic mass is 9.90. The Morgan fingerprint density at radius 2 is 2.11 bits per heavy atom. The molecule has 1 fully saturated rings. The molecule has 1 aliphatic rings. The molecule has 0 spiro atoms. The predicted octanol–water partition coefficient (Wildman–Crippen LogP) is 5.29. The Morgan fingerprint density at radius 1 is 1.19 bits per heavy atom. The number of amides is 1. The lowest BCUT2D eigenvalue weighted by Gasteiger charge is -2.32. The number of likely N-dealkylation sites (tertiary alicyclic amines) is 1. The molecule has 1 atom stereocenters. The van der Waals surface area contributed by atoms with Gasteiger partial charge in [0.05, 0.1) is 22.4 Å².